The van der Waals surface area contributed by atoms with Gasteiger partial charge in [-0.1, -0.05) is 13.3 Å². The molecule has 4 heteroatoms. The Morgan fingerprint density at radius 2 is 2.29 bits per heavy atom. The standard InChI is InChI=1S/C13H22N2OS/c1-4-5-11(8-14)13(16)15(3)9-12-10(2)6-7-17-12/h6-7,11H,4-5,8-9,14H2,1-3H3. The SMILES string of the molecule is CCCC(CN)C(=O)N(C)Cc1sccc1C. The maximum absolute atomic E-state index is 12.2. The van der Waals surface area contributed by atoms with Gasteiger partial charge in [0.25, 0.3) is 0 Å². The van der Waals surface area contributed by atoms with Crippen LogP contribution in [0.15, 0.2) is 11.4 Å². The first kappa shape index (κ1) is 14.2. The summed E-state index contributed by atoms with van der Waals surface area (Å²) in [6, 6.07) is 2.09. The molecule has 0 fully saturated rings. The molecule has 0 saturated heterocycles. The summed E-state index contributed by atoms with van der Waals surface area (Å²) in [5.41, 5.74) is 6.91. The molecule has 0 aliphatic rings. The molecule has 17 heavy (non-hydrogen) atoms. The predicted molar refractivity (Wildman–Crippen MR) is 73.0 cm³/mol. The van der Waals surface area contributed by atoms with E-state index in [0.717, 1.165) is 12.8 Å². The maximum atomic E-state index is 12.2. The van der Waals surface area contributed by atoms with Crippen molar-refractivity contribution < 1.29 is 4.79 Å². The van der Waals surface area contributed by atoms with Crippen LogP contribution < -0.4 is 5.73 Å². The molecule has 96 valence electrons. The van der Waals surface area contributed by atoms with Crippen LogP contribution in [-0.2, 0) is 11.3 Å². The van der Waals surface area contributed by atoms with Gasteiger partial charge >= 0.3 is 0 Å². The minimum Gasteiger partial charge on any atom is -0.340 e. The summed E-state index contributed by atoms with van der Waals surface area (Å²) < 4.78 is 0. The molecule has 0 spiro atoms. The summed E-state index contributed by atoms with van der Waals surface area (Å²) in [6.45, 7) is 5.30. The van der Waals surface area contributed by atoms with Gasteiger partial charge in [-0.3, -0.25) is 4.79 Å². The number of hydrogen-bond donors (Lipinski definition) is 1. The van der Waals surface area contributed by atoms with Crippen molar-refractivity contribution in [2.75, 3.05) is 13.6 Å². The number of carbonyl (C=O) groups excluding carboxylic acids is 1. The van der Waals surface area contributed by atoms with Crippen LogP contribution in [0.5, 0.6) is 0 Å². The lowest BCUT2D eigenvalue weighted by Crippen LogP contribution is -2.36. The van der Waals surface area contributed by atoms with Gasteiger partial charge < -0.3 is 10.6 Å². The zero-order valence-electron chi connectivity index (χ0n) is 10.9. The zero-order valence-corrected chi connectivity index (χ0v) is 11.7. The first-order valence-corrected chi connectivity index (χ1v) is 6.96. The Hall–Kier alpha value is -0.870. The Kier molecular flexibility index (Phi) is 5.65. The lowest BCUT2D eigenvalue weighted by atomic mass is 10.0. The molecule has 1 unspecified atom stereocenters. The second kappa shape index (κ2) is 6.77. The normalized spacial score (nSPS) is 12.5. The average molecular weight is 254 g/mol. The van der Waals surface area contributed by atoms with Crippen LogP contribution in [0.3, 0.4) is 0 Å². The Morgan fingerprint density at radius 1 is 1.59 bits per heavy atom. The summed E-state index contributed by atoms with van der Waals surface area (Å²) in [5, 5.41) is 2.06. The van der Waals surface area contributed by atoms with Gasteiger partial charge in [0.2, 0.25) is 5.91 Å². The summed E-state index contributed by atoms with van der Waals surface area (Å²) in [4.78, 5) is 15.2. The highest BCUT2D eigenvalue weighted by atomic mass is 32.1. The molecule has 1 aromatic heterocycles. The number of nitrogens with zero attached hydrogens (tertiary/aromatic N) is 1. The second-order valence-corrected chi connectivity index (χ2v) is 5.44. The van der Waals surface area contributed by atoms with Crippen LogP contribution in [0, 0.1) is 12.8 Å². The third-order valence-electron chi connectivity index (χ3n) is 3.00. The Labute approximate surface area is 108 Å². The number of rotatable bonds is 6. The fourth-order valence-corrected chi connectivity index (χ4v) is 2.82. The van der Waals surface area contributed by atoms with E-state index in [9.17, 15) is 4.79 Å². The van der Waals surface area contributed by atoms with Crippen molar-refractivity contribution in [2.24, 2.45) is 11.7 Å². The Morgan fingerprint density at radius 3 is 2.76 bits per heavy atom. The van der Waals surface area contributed by atoms with Crippen molar-refractivity contribution >= 4 is 17.2 Å². The van der Waals surface area contributed by atoms with E-state index in [4.69, 9.17) is 5.73 Å². The van der Waals surface area contributed by atoms with Gasteiger partial charge in [-0.2, -0.15) is 0 Å². The summed E-state index contributed by atoms with van der Waals surface area (Å²) in [7, 11) is 1.86. The fraction of sp³-hybridized carbons (Fsp3) is 0.615. The molecule has 0 aliphatic carbocycles. The zero-order chi connectivity index (χ0) is 12.8. The van der Waals surface area contributed by atoms with E-state index < -0.39 is 0 Å². The predicted octanol–water partition coefficient (Wildman–Crippen LogP) is 2.39. The van der Waals surface area contributed by atoms with Crippen molar-refractivity contribution in [3.63, 3.8) is 0 Å². The van der Waals surface area contributed by atoms with E-state index in [0.29, 0.717) is 13.1 Å². The topological polar surface area (TPSA) is 46.3 Å². The lowest BCUT2D eigenvalue weighted by molar-refractivity contribution is -0.134. The molecule has 1 aromatic rings. The summed E-state index contributed by atoms with van der Waals surface area (Å²) >= 11 is 1.70. The smallest absolute Gasteiger partial charge is 0.227 e. The molecule has 0 aliphatic heterocycles. The van der Waals surface area contributed by atoms with E-state index in [1.807, 2.05) is 7.05 Å². The van der Waals surface area contributed by atoms with E-state index in [-0.39, 0.29) is 11.8 Å². The largest absolute Gasteiger partial charge is 0.340 e. The van der Waals surface area contributed by atoms with Crippen LogP contribution >= 0.6 is 11.3 Å². The number of aryl methyl sites for hydroxylation is 1. The molecule has 1 heterocycles. The molecule has 1 rings (SSSR count). The van der Waals surface area contributed by atoms with Crippen LogP contribution in [0.1, 0.15) is 30.2 Å². The minimum absolute atomic E-state index is 0.0229. The molecule has 1 amide bonds. The van der Waals surface area contributed by atoms with Crippen LogP contribution in [0.4, 0.5) is 0 Å². The van der Waals surface area contributed by atoms with Gasteiger partial charge in [0.1, 0.15) is 0 Å². The first-order chi connectivity index (χ1) is 8.10. The third kappa shape index (κ3) is 3.82. The minimum atomic E-state index is -0.0229. The van der Waals surface area contributed by atoms with Crippen molar-refractivity contribution in [1.29, 1.82) is 0 Å². The van der Waals surface area contributed by atoms with Crippen molar-refractivity contribution in [1.82, 2.24) is 4.90 Å². The maximum Gasteiger partial charge on any atom is 0.227 e. The van der Waals surface area contributed by atoms with Gasteiger partial charge in [0, 0.05) is 18.5 Å². The van der Waals surface area contributed by atoms with Gasteiger partial charge in [-0.25, -0.2) is 0 Å². The molecule has 3 nitrogen and oxygen atoms in total. The highest BCUT2D eigenvalue weighted by molar-refractivity contribution is 7.10. The van der Waals surface area contributed by atoms with Crippen molar-refractivity contribution in [2.45, 2.75) is 33.2 Å². The second-order valence-electron chi connectivity index (χ2n) is 4.44. The van der Waals surface area contributed by atoms with Gasteiger partial charge in [0.15, 0.2) is 0 Å². The third-order valence-corrected chi connectivity index (χ3v) is 4.00. The molecule has 0 radical (unpaired) electrons. The van der Waals surface area contributed by atoms with E-state index in [1.165, 1.54) is 10.4 Å². The lowest BCUT2D eigenvalue weighted by Gasteiger charge is -2.22. The highest BCUT2D eigenvalue weighted by Crippen LogP contribution is 2.18. The Balaban J connectivity index is 2.60. The average Bonchev–Trinajstić information content (AvgIpc) is 2.71. The number of thiophene rings is 1. The quantitative estimate of drug-likeness (QED) is 0.847. The first-order valence-electron chi connectivity index (χ1n) is 6.08. The summed E-state index contributed by atoms with van der Waals surface area (Å²) in [5.74, 6) is 0.146. The number of hydrogen-bond acceptors (Lipinski definition) is 3. The van der Waals surface area contributed by atoms with Gasteiger partial charge in [-0.05, 0) is 30.4 Å². The highest BCUT2D eigenvalue weighted by Gasteiger charge is 2.20. The fourth-order valence-electron chi connectivity index (χ4n) is 1.86. The molecular weight excluding hydrogens is 232 g/mol. The molecule has 2 N–H and O–H groups in total. The van der Waals surface area contributed by atoms with Crippen LogP contribution in [0.2, 0.25) is 0 Å². The number of carbonyl (C=O) groups is 1. The molecule has 1 atom stereocenters. The molecular formula is C13H22N2OS. The number of nitrogens with two attached hydrogens (primary N) is 1. The van der Waals surface area contributed by atoms with Gasteiger partial charge in [0.05, 0.1) is 12.5 Å². The number of amides is 1. The molecule has 0 bridgehead atoms. The Bertz CT molecular complexity index is 362. The van der Waals surface area contributed by atoms with Crippen LogP contribution in [-0.4, -0.2) is 24.4 Å². The van der Waals surface area contributed by atoms with E-state index in [1.54, 1.807) is 16.2 Å². The van der Waals surface area contributed by atoms with Crippen molar-refractivity contribution in [3.05, 3.63) is 21.9 Å². The van der Waals surface area contributed by atoms with Gasteiger partial charge in [-0.15, -0.1) is 11.3 Å². The molecule has 0 aromatic carbocycles. The summed E-state index contributed by atoms with van der Waals surface area (Å²) in [6.07, 6.45) is 1.88. The van der Waals surface area contributed by atoms with E-state index >= 15 is 0 Å². The monoisotopic (exact) mass is 254 g/mol. The van der Waals surface area contributed by atoms with Crippen molar-refractivity contribution in [3.8, 4) is 0 Å². The molecule has 0 saturated carbocycles. The van der Waals surface area contributed by atoms with E-state index in [2.05, 4.69) is 25.3 Å². The van der Waals surface area contributed by atoms with Crippen LogP contribution in [0.25, 0.3) is 0 Å².